The van der Waals surface area contributed by atoms with Crippen LogP contribution in [0.1, 0.15) is 31.8 Å². The molecular weight excluding hydrogens is 316 g/mol. The summed E-state index contributed by atoms with van der Waals surface area (Å²) in [5.41, 5.74) is 1.34. The van der Waals surface area contributed by atoms with Crippen LogP contribution in [0.25, 0.3) is 0 Å². The molecule has 0 saturated heterocycles. The van der Waals surface area contributed by atoms with Crippen LogP contribution in [0, 0.1) is 11.8 Å². The Balaban J connectivity index is 2.30. The van der Waals surface area contributed by atoms with Crippen LogP contribution >= 0.6 is 0 Å². The lowest BCUT2D eigenvalue weighted by atomic mass is 10.1. The molecule has 0 saturated carbocycles. The highest BCUT2D eigenvalue weighted by molar-refractivity contribution is 7.74. The molecule has 6 nitrogen and oxygen atoms in total. The van der Waals surface area contributed by atoms with Gasteiger partial charge in [0.2, 0.25) is 0 Å². The number of pyridine rings is 1. The first-order chi connectivity index (χ1) is 11.0. The van der Waals surface area contributed by atoms with Crippen molar-refractivity contribution in [2.24, 2.45) is 4.36 Å². The minimum absolute atomic E-state index is 0.143. The second kappa shape index (κ2) is 7.33. The van der Waals surface area contributed by atoms with Crippen LogP contribution in [0.2, 0.25) is 0 Å². The minimum atomic E-state index is -1.92. The van der Waals surface area contributed by atoms with Crippen molar-refractivity contribution in [3.05, 3.63) is 65.0 Å². The van der Waals surface area contributed by atoms with E-state index in [0.29, 0.717) is 11.1 Å². The average Bonchev–Trinajstić information content (AvgIpc) is 2.53. The van der Waals surface area contributed by atoms with Crippen molar-refractivity contribution >= 4 is 22.5 Å². The largest absolute Gasteiger partial charge is 0.478 e. The molecule has 1 N–H and O–H groups in total. The van der Waals surface area contributed by atoms with Gasteiger partial charge in [-0.2, -0.15) is 4.36 Å². The average molecular weight is 328 g/mol. The number of rotatable bonds is 2. The molecule has 0 aliphatic heterocycles. The number of carboxylic acid groups (broad SMARTS) is 1. The number of hydrogen-bond donors (Lipinski definition) is 2. The quantitative estimate of drug-likeness (QED) is 0.645. The molecule has 7 heteroatoms. The van der Waals surface area contributed by atoms with Gasteiger partial charge < -0.3 is 5.11 Å². The molecule has 23 heavy (non-hydrogen) atoms. The van der Waals surface area contributed by atoms with Crippen molar-refractivity contribution in [1.29, 1.82) is 0 Å². The number of carboxylic acids is 1. The molecule has 1 unspecified atom stereocenters. The van der Waals surface area contributed by atoms with Crippen LogP contribution in [0.5, 0.6) is 0 Å². The van der Waals surface area contributed by atoms with Crippen molar-refractivity contribution in [3.8, 4) is 11.8 Å². The van der Waals surface area contributed by atoms with Crippen LogP contribution in [0.15, 0.2) is 47.1 Å². The van der Waals surface area contributed by atoms with E-state index < -0.39 is 22.5 Å². The van der Waals surface area contributed by atoms with Gasteiger partial charge in [0.1, 0.15) is 0 Å². The molecule has 2 rings (SSSR count). The molecule has 0 fully saturated rings. The van der Waals surface area contributed by atoms with E-state index in [1.807, 2.05) is 0 Å². The second-order valence-electron chi connectivity index (χ2n) is 4.47. The molecule has 0 bridgehead atoms. The number of aromatic carboxylic acids is 1. The zero-order valence-electron chi connectivity index (χ0n) is 12.1. The fourth-order valence-electron chi connectivity index (χ4n) is 1.69. The summed E-state index contributed by atoms with van der Waals surface area (Å²) in [5, 5.41) is 8.93. The fraction of sp³-hybridized carbons (Fsp3) is 0.0625. The Morgan fingerprint density at radius 1 is 1.13 bits per heavy atom. The Bertz CT molecular complexity index is 919. The third kappa shape index (κ3) is 4.76. The van der Waals surface area contributed by atoms with Crippen molar-refractivity contribution in [3.63, 3.8) is 0 Å². The number of benzene rings is 1. The summed E-state index contributed by atoms with van der Waals surface area (Å²) in [6, 6.07) is 7.70. The molecule has 0 aliphatic rings. The van der Waals surface area contributed by atoms with Gasteiger partial charge in [-0.3, -0.25) is 14.0 Å². The molecule has 0 spiro atoms. The van der Waals surface area contributed by atoms with E-state index in [0.717, 1.165) is 0 Å². The van der Waals surface area contributed by atoms with Gasteiger partial charge in [-0.25, -0.2) is 4.79 Å². The van der Waals surface area contributed by atoms with Crippen LogP contribution in [-0.2, 0) is 10.6 Å². The van der Waals surface area contributed by atoms with Crippen molar-refractivity contribution < 1.29 is 18.9 Å². The van der Waals surface area contributed by atoms with Crippen molar-refractivity contribution in [2.45, 2.75) is 0 Å². The zero-order valence-corrected chi connectivity index (χ0v) is 12.9. The molecule has 0 radical (unpaired) electrons. The lowest BCUT2D eigenvalue weighted by Crippen LogP contribution is -1.97. The van der Waals surface area contributed by atoms with Crippen LogP contribution in [0.4, 0.5) is 0 Å². The van der Waals surface area contributed by atoms with Crippen LogP contribution in [-0.4, -0.2) is 32.4 Å². The highest BCUT2D eigenvalue weighted by atomic mass is 32.2. The Morgan fingerprint density at radius 2 is 1.83 bits per heavy atom. The smallest absolute Gasteiger partial charge is 0.335 e. The second-order valence-corrected chi connectivity index (χ2v) is 5.60. The third-order valence-electron chi connectivity index (χ3n) is 2.68. The van der Waals surface area contributed by atoms with E-state index in [-0.39, 0.29) is 11.1 Å². The molecule has 1 aromatic carbocycles. The maximum atomic E-state index is 11.7. The van der Waals surface area contributed by atoms with Gasteiger partial charge in [0.25, 0.3) is 5.91 Å². The maximum Gasteiger partial charge on any atom is 0.335 e. The summed E-state index contributed by atoms with van der Waals surface area (Å²) in [4.78, 5) is 26.5. The summed E-state index contributed by atoms with van der Waals surface area (Å²) in [5.74, 6) is 3.97. The molecular formula is C16H12N2O4S. The van der Waals surface area contributed by atoms with Gasteiger partial charge in [-0.1, -0.05) is 17.9 Å². The van der Waals surface area contributed by atoms with Gasteiger partial charge in [-0.05, 0) is 24.3 Å². The van der Waals surface area contributed by atoms with E-state index in [1.54, 1.807) is 12.1 Å². The molecule has 1 amide bonds. The van der Waals surface area contributed by atoms with E-state index in [4.69, 9.17) is 5.11 Å². The Labute approximate surface area is 134 Å². The number of hydrogen-bond acceptors (Lipinski definition) is 4. The molecule has 116 valence electrons. The van der Waals surface area contributed by atoms with Crippen molar-refractivity contribution in [1.82, 2.24) is 4.98 Å². The maximum absolute atomic E-state index is 11.7. The molecule has 2 aromatic rings. The number of carbonyl (C=O) groups is 2. The van der Waals surface area contributed by atoms with Gasteiger partial charge in [-0.15, -0.1) is 0 Å². The SMILES string of the molecule is C/[SH](=O)=N/C(=O)c1cncc(C#Cc2cccc(C(=O)O)c2)c1. The summed E-state index contributed by atoms with van der Waals surface area (Å²) in [6.07, 6.45) is 4.12. The van der Waals surface area contributed by atoms with E-state index in [2.05, 4.69) is 21.2 Å². The first-order valence-corrected chi connectivity index (χ1v) is 8.09. The predicted octanol–water partition coefficient (Wildman–Crippen LogP) is 1.61. The molecule has 0 aliphatic carbocycles. The lowest BCUT2D eigenvalue weighted by Gasteiger charge is -1.96. The Kier molecular flexibility index (Phi) is 5.23. The van der Waals surface area contributed by atoms with E-state index in [9.17, 15) is 13.8 Å². The highest BCUT2D eigenvalue weighted by Crippen LogP contribution is 2.06. The molecule has 1 heterocycles. The predicted molar refractivity (Wildman–Crippen MR) is 85.8 cm³/mol. The zero-order chi connectivity index (χ0) is 16.8. The molecule has 1 atom stereocenters. The Hall–Kier alpha value is -2.98. The number of thiol groups is 1. The summed E-state index contributed by atoms with van der Waals surface area (Å²) in [7, 11) is -1.92. The van der Waals surface area contributed by atoms with Gasteiger partial charge >= 0.3 is 5.97 Å². The number of nitrogens with zero attached hydrogens (tertiary/aromatic N) is 2. The number of carbonyl (C=O) groups excluding carboxylic acids is 1. The standard InChI is InChI=1S/C16H12N2O4S/c1-23(22)18-15(19)14-8-12(9-17-10-14)6-5-11-3-2-4-13(7-11)16(20)21/h2-4,7-10,23H,1H3,(H,20,21). The summed E-state index contributed by atoms with van der Waals surface area (Å²) >= 11 is 0. The van der Waals surface area contributed by atoms with Gasteiger partial charge in [0.05, 0.1) is 11.1 Å². The van der Waals surface area contributed by atoms with Crippen LogP contribution in [0.3, 0.4) is 0 Å². The topological polar surface area (TPSA) is 96.7 Å². The van der Waals surface area contributed by atoms with Crippen molar-refractivity contribution in [2.75, 3.05) is 6.26 Å². The first-order valence-electron chi connectivity index (χ1n) is 6.43. The number of amides is 1. The third-order valence-corrected chi connectivity index (χ3v) is 3.14. The minimum Gasteiger partial charge on any atom is -0.478 e. The first kappa shape index (κ1) is 16.4. The highest BCUT2D eigenvalue weighted by Gasteiger charge is 2.05. The fourth-order valence-corrected chi connectivity index (χ4v) is 2.06. The van der Waals surface area contributed by atoms with Gasteiger partial charge in [0, 0.05) is 40.4 Å². The van der Waals surface area contributed by atoms with Crippen LogP contribution < -0.4 is 0 Å². The lowest BCUT2D eigenvalue weighted by molar-refractivity contribution is 0.0696. The summed E-state index contributed by atoms with van der Waals surface area (Å²) < 4.78 is 14.4. The van der Waals surface area contributed by atoms with Gasteiger partial charge in [0.15, 0.2) is 0 Å². The number of aromatic nitrogens is 1. The summed E-state index contributed by atoms with van der Waals surface area (Å²) in [6.45, 7) is 0. The normalized spacial score (nSPS) is 11.3. The monoisotopic (exact) mass is 328 g/mol. The molecule has 1 aromatic heterocycles. The Morgan fingerprint density at radius 3 is 2.52 bits per heavy atom. The van der Waals surface area contributed by atoms with E-state index in [1.165, 1.54) is 36.8 Å². The van der Waals surface area contributed by atoms with E-state index >= 15 is 0 Å².